The van der Waals surface area contributed by atoms with E-state index in [2.05, 4.69) is 40.2 Å². The van der Waals surface area contributed by atoms with Gasteiger partial charge in [-0.05, 0) is 46.6 Å². The van der Waals surface area contributed by atoms with Crippen LogP contribution >= 0.6 is 15.9 Å². The van der Waals surface area contributed by atoms with Gasteiger partial charge in [0.05, 0.1) is 22.4 Å². The van der Waals surface area contributed by atoms with Crippen molar-refractivity contribution in [3.05, 3.63) is 52.0 Å². The lowest BCUT2D eigenvalue weighted by Crippen LogP contribution is -2.25. The van der Waals surface area contributed by atoms with Crippen LogP contribution in [-0.4, -0.2) is 16.3 Å². The summed E-state index contributed by atoms with van der Waals surface area (Å²) in [6, 6.07) is 6.63. The molecule has 0 saturated heterocycles. The summed E-state index contributed by atoms with van der Waals surface area (Å²) >= 11 is 3.57. The molecule has 1 aromatic heterocycles. The van der Waals surface area contributed by atoms with E-state index in [9.17, 15) is 4.39 Å². The van der Waals surface area contributed by atoms with Gasteiger partial charge in [0.15, 0.2) is 0 Å². The van der Waals surface area contributed by atoms with Gasteiger partial charge < -0.3 is 5.32 Å². The van der Waals surface area contributed by atoms with Gasteiger partial charge in [-0.2, -0.15) is 5.10 Å². The molecule has 2 rings (SSSR count). The molecule has 0 radical (unpaired) electrons. The molecule has 3 nitrogen and oxygen atoms in total. The molecular weight excluding hydrogens is 321 g/mol. The Balaban J connectivity index is 2.42. The van der Waals surface area contributed by atoms with E-state index in [4.69, 9.17) is 0 Å². The first-order valence-corrected chi connectivity index (χ1v) is 7.66. The molecule has 5 heteroatoms. The van der Waals surface area contributed by atoms with Crippen molar-refractivity contribution in [1.29, 1.82) is 0 Å². The Kier molecular flexibility index (Phi) is 5.31. The zero-order chi connectivity index (χ0) is 14.5. The van der Waals surface area contributed by atoms with Gasteiger partial charge in [0, 0.05) is 6.54 Å². The number of rotatable bonds is 6. The van der Waals surface area contributed by atoms with Gasteiger partial charge >= 0.3 is 0 Å². The molecule has 1 N–H and O–H groups in total. The van der Waals surface area contributed by atoms with Crippen molar-refractivity contribution in [3.8, 4) is 0 Å². The summed E-state index contributed by atoms with van der Waals surface area (Å²) in [6.07, 6.45) is 2.84. The Bertz CT molecular complexity index is 551. The number of benzene rings is 1. The van der Waals surface area contributed by atoms with Crippen molar-refractivity contribution in [1.82, 2.24) is 15.1 Å². The quantitative estimate of drug-likeness (QED) is 0.865. The van der Waals surface area contributed by atoms with E-state index >= 15 is 0 Å². The molecule has 0 fully saturated rings. The summed E-state index contributed by atoms with van der Waals surface area (Å²) < 4.78 is 16.1. The highest BCUT2D eigenvalue weighted by Crippen LogP contribution is 2.29. The fourth-order valence-electron chi connectivity index (χ4n) is 2.28. The number of nitrogens with zero attached hydrogens (tertiary/aromatic N) is 2. The van der Waals surface area contributed by atoms with Gasteiger partial charge in [0.2, 0.25) is 0 Å². The third-order valence-corrected chi connectivity index (χ3v) is 3.76. The standard InChI is InChI=1S/C15H19BrFN3/c1-3-9-20-15(13(16)10-19-20)14(18-4-2)11-5-7-12(17)8-6-11/h5-8,10,14,18H,3-4,9H2,1-2H3. The highest BCUT2D eigenvalue weighted by molar-refractivity contribution is 9.10. The van der Waals surface area contributed by atoms with Crippen LogP contribution in [0.5, 0.6) is 0 Å². The molecule has 1 aromatic carbocycles. The molecule has 0 aliphatic carbocycles. The summed E-state index contributed by atoms with van der Waals surface area (Å²) in [7, 11) is 0. The third-order valence-electron chi connectivity index (χ3n) is 3.15. The van der Waals surface area contributed by atoms with Crippen molar-refractivity contribution < 1.29 is 4.39 Å². The summed E-state index contributed by atoms with van der Waals surface area (Å²) in [5.74, 6) is -0.217. The van der Waals surface area contributed by atoms with E-state index < -0.39 is 0 Å². The molecule has 108 valence electrons. The molecule has 1 unspecified atom stereocenters. The highest BCUT2D eigenvalue weighted by Gasteiger charge is 2.21. The largest absolute Gasteiger partial charge is 0.305 e. The Morgan fingerprint density at radius 3 is 2.60 bits per heavy atom. The lowest BCUT2D eigenvalue weighted by Gasteiger charge is -2.20. The van der Waals surface area contributed by atoms with Crippen LogP contribution in [0.3, 0.4) is 0 Å². The second-order valence-corrected chi connectivity index (χ2v) is 5.50. The molecule has 1 heterocycles. The monoisotopic (exact) mass is 339 g/mol. The number of hydrogen-bond acceptors (Lipinski definition) is 2. The van der Waals surface area contributed by atoms with E-state index in [1.165, 1.54) is 12.1 Å². The first-order chi connectivity index (χ1) is 9.67. The maximum Gasteiger partial charge on any atom is 0.123 e. The van der Waals surface area contributed by atoms with Crippen molar-refractivity contribution >= 4 is 15.9 Å². The molecule has 2 aromatic rings. The second-order valence-electron chi connectivity index (χ2n) is 4.64. The Labute approximate surface area is 127 Å². The fraction of sp³-hybridized carbons (Fsp3) is 0.400. The second kappa shape index (κ2) is 6.99. The van der Waals surface area contributed by atoms with Crippen molar-refractivity contribution in [2.45, 2.75) is 32.9 Å². The summed E-state index contributed by atoms with van der Waals surface area (Å²) in [5.41, 5.74) is 2.12. The van der Waals surface area contributed by atoms with Crippen LogP contribution in [0, 0.1) is 5.82 Å². The SMILES string of the molecule is CCCn1ncc(Br)c1C(NCC)c1ccc(F)cc1. The first-order valence-electron chi connectivity index (χ1n) is 6.87. The Hall–Kier alpha value is -1.20. The first kappa shape index (κ1) is 15.2. The van der Waals surface area contributed by atoms with Crippen LogP contribution in [-0.2, 0) is 6.54 Å². The maximum absolute atomic E-state index is 13.1. The molecule has 0 bridgehead atoms. The molecule has 0 aliphatic rings. The van der Waals surface area contributed by atoms with Crippen molar-refractivity contribution in [2.75, 3.05) is 6.54 Å². The smallest absolute Gasteiger partial charge is 0.123 e. The molecule has 0 saturated carbocycles. The summed E-state index contributed by atoms with van der Waals surface area (Å²) in [6.45, 7) is 5.88. The minimum absolute atomic E-state index is 0.00373. The molecule has 0 amide bonds. The predicted octanol–water partition coefficient (Wildman–Crippen LogP) is 3.89. The van der Waals surface area contributed by atoms with Gasteiger partial charge in [-0.15, -0.1) is 0 Å². The van der Waals surface area contributed by atoms with Gasteiger partial charge in [-0.3, -0.25) is 4.68 Å². The van der Waals surface area contributed by atoms with Crippen molar-refractivity contribution in [3.63, 3.8) is 0 Å². The Morgan fingerprint density at radius 1 is 1.30 bits per heavy atom. The van der Waals surface area contributed by atoms with E-state index in [0.717, 1.165) is 35.2 Å². The molecule has 0 aliphatic heterocycles. The van der Waals surface area contributed by atoms with E-state index in [-0.39, 0.29) is 11.9 Å². The van der Waals surface area contributed by atoms with Crippen LogP contribution < -0.4 is 5.32 Å². The van der Waals surface area contributed by atoms with Crippen LogP contribution in [0.2, 0.25) is 0 Å². The zero-order valence-corrected chi connectivity index (χ0v) is 13.3. The van der Waals surface area contributed by atoms with Gasteiger partial charge in [0.1, 0.15) is 5.82 Å². The normalized spacial score (nSPS) is 12.6. The molecular formula is C15H19BrFN3. The third kappa shape index (κ3) is 3.27. The van der Waals surface area contributed by atoms with Crippen LogP contribution in [0.1, 0.15) is 37.6 Å². The predicted molar refractivity (Wildman–Crippen MR) is 82.1 cm³/mol. The van der Waals surface area contributed by atoms with E-state index in [1.807, 2.05) is 23.0 Å². The number of halogens is 2. The Morgan fingerprint density at radius 2 is 2.00 bits per heavy atom. The number of nitrogens with one attached hydrogen (secondary N) is 1. The lowest BCUT2D eigenvalue weighted by molar-refractivity contribution is 0.518. The van der Waals surface area contributed by atoms with Crippen LogP contribution in [0.25, 0.3) is 0 Å². The fourth-order valence-corrected chi connectivity index (χ4v) is 2.81. The maximum atomic E-state index is 13.1. The minimum Gasteiger partial charge on any atom is -0.305 e. The summed E-state index contributed by atoms with van der Waals surface area (Å²) in [4.78, 5) is 0. The zero-order valence-electron chi connectivity index (χ0n) is 11.7. The van der Waals surface area contributed by atoms with Crippen LogP contribution in [0.15, 0.2) is 34.9 Å². The summed E-state index contributed by atoms with van der Waals surface area (Å²) in [5, 5.41) is 7.85. The number of aryl methyl sites for hydroxylation is 1. The lowest BCUT2D eigenvalue weighted by atomic mass is 10.0. The average molecular weight is 340 g/mol. The number of hydrogen-bond donors (Lipinski definition) is 1. The van der Waals surface area contributed by atoms with Gasteiger partial charge in [0.25, 0.3) is 0 Å². The van der Waals surface area contributed by atoms with Crippen LogP contribution in [0.4, 0.5) is 4.39 Å². The van der Waals surface area contributed by atoms with Crippen molar-refractivity contribution in [2.24, 2.45) is 0 Å². The highest BCUT2D eigenvalue weighted by atomic mass is 79.9. The molecule has 0 spiro atoms. The minimum atomic E-state index is -0.217. The van der Waals surface area contributed by atoms with Gasteiger partial charge in [-0.25, -0.2) is 4.39 Å². The van der Waals surface area contributed by atoms with E-state index in [1.54, 1.807) is 0 Å². The molecule has 1 atom stereocenters. The van der Waals surface area contributed by atoms with E-state index in [0.29, 0.717) is 0 Å². The number of aromatic nitrogens is 2. The van der Waals surface area contributed by atoms with Gasteiger partial charge in [-0.1, -0.05) is 26.0 Å². The average Bonchev–Trinajstić information content (AvgIpc) is 2.79. The topological polar surface area (TPSA) is 29.9 Å². The molecule has 20 heavy (non-hydrogen) atoms.